The van der Waals surface area contributed by atoms with Crippen molar-refractivity contribution in [3.05, 3.63) is 12.4 Å². The molecule has 232 valence electrons. The number of hydrogen-bond donors (Lipinski definition) is 0. The molecule has 0 fully saturated rings. The quantitative estimate of drug-likeness (QED) is 0.0798. The maximum absolute atomic E-state index is 2.69. The van der Waals surface area contributed by atoms with Gasteiger partial charge in [-0.05, 0) is 25.7 Å². The van der Waals surface area contributed by atoms with E-state index >= 15 is 0 Å². The fraction of sp³-hybridized carbons (Fsp3) is 0.946. The molecule has 1 atom stereocenters. The van der Waals surface area contributed by atoms with Gasteiger partial charge < -0.3 is 9.80 Å². The van der Waals surface area contributed by atoms with Crippen LogP contribution in [0.1, 0.15) is 207 Å². The third-order valence-electron chi connectivity index (χ3n) is 9.07. The van der Waals surface area contributed by atoms with Crippen molar-refractivity contribution >= 4 is 0 Å². The Balaban J connectivity index is 2.04. The summed E-state index contributed by atoms with van der Waals surface area (Å²) in [6.07, 6.45) is 47.0. The lowest BCUT2D eigenvalue weighted by Crippen LogP contribution is -2.39. The second-order valence-corrected chi connectivity index (χ2v) is 12.9. The molecule has 0 radical (unpaired) electrons. The highest BCUT2D eigenvalue weighted by Gasteiger charge is 2.24. The summed E-state index contributed by atoms with van der Waals surface area (Å²) in [5.41, 5.74) is 0. The zero-order chi connectivity index (χ0) is 28.1. The molecule has 0 aromatic heterocycles. The van der Waals surface area contributed by atoms with Crippen LogP contribution in [0, 0.1) is 0 Å². The van der Waals surface area contributed by atoms with Crippen molar-refractivity contribution in [2.75, 3.05) is 13.1 Å². The Morgan fingerprint density at radius 2 is 0.615 bits per heavy atom. The summed E-state index contributed by atoms with van der Waals surface area (Å²) >= 11 is 0. The van der Waals surface area contributed by atoms with Crippen LogP contribution in [0.4, 0.5) is 0 Å². The van der Waals surface area contributed by atoms with Gasteiger partial charge in [0.15, 0.2) is 0 Å². The van der Waals surface area contributed by atoms with Crippen molar-refractivity contribution < 1.29 is 0 Å². The van der Waals surface area contributed by atoms with E-state index in [0.29, 0.717) is 6.17 Å². The molecule has 1 aliphatic heterocycles. The minimum absolute atomic E-state index is 0.640. The first kappa shape index (κ1) is 36.4. The molecular weight excluding hydrogens is 472 g/mol. The molecule has 2 nitrogen and oxygen atoms in total. The Labute approximate surface area is 248 Å². The standard InChI is InChI=1S/C37H74N2/c1-4-7-10-12-14-16-18-19-20-21-22-24-26-28-30-32-37-38(33-9-6-3)35-36-39(37)34-31-29-27-25-23-17-15-13-11-8-5-2/h35-37H,4-34H2,1-3H3. The van der Waals surface area contributed by atoms with E-state index in [1.807, 2.05) is 0 Å². The van der Waals surface area contributed by atoms with Crippen LogP contribution in [-0.2, 0) is 0 Å². The van der Waals surface area contributed by atoms with E-state index in [0.717, 1.165) is 0 Å². The summed E-state index contributed by atoms with van der Waals surface area (Å²) in [4.78, 5) is 5.35. The van der Waals surface area contributed by atoms with Gasteiger partial charge in [-0.3, -0.25) is 0 Å². The van der Waals surface area contributed by atoms with Gasteiger partial charge in [-0.1, -0.05) is 181 Å². The molecule has 39 heavy (non-hydrogen) atoms. The van der Waals surface area contributed by atoms with E-state index < -0.39 is 0 Å². The van der Waals surface area contributed by atoms with Crippen LogP contribution < -0.4 is 0 Å². The van der Waals surface area contributed by atoms with Crippen LogP contribution in [0.2, 0.25) is 0 Å². The molecule has 1 heterocycles. The molecule has 0 aromatic rings. The average Bonchev–Trinajstić information content (AvgIpc) is 3.33. The SMILES string of the molecule is CCCCCCCCCCCCCCCCCC1N(CCCC)C=CN1CCCCCCCCCCCCC. The predicted octanol–water partition coefficient (Wildman–Crippen LogP) is 12.8. The largest absolute Gasteiger partial charge is 0.356 e. The summed E-state index contributed by atoms with van der Waals surface area (Å²) in [6.45, 7) is 9.45. The maximum Gasteiger partial charge on any atom is 0.101 e. The van der Waals surface area contributed by atoms with Gasteiger partial charge in [-0.25, -0.2) is 0 Å². The van der Waals surface area contributed by atoms with Gasteiger partial charge in [0.2, 0.25) is 0 Å². The zero-order valence-corrected chi connectivity index (χ0v) is 27.5. The predicted molar refractivity (Wildman–Crippen MR) is 177 cm³/mol. The number of rotatable bonds is 31. The van der Waals surface area contributed by atoms with E-state index in [1.54, 1.807) is 0 Å². The summed E-state index contributed by atoms with van der Waals surface area (Å²) in [5, 5.41) is 0. The molecule has 0 bridgehead atoms. The fourth-order valence-electron chi connectivity index (χ4n) is 6.34. The first-order chi connectivity index (χ1) is 19.3. The Hall–Kier alpha value is -0.660. The fourth-order valence-corrected chi connectivity index (χ4v) is 6.34. The molecule has 0 aromatic carbocycles. The van der Waals surface area contributed by atoms with Gasteiger partial charge >= 0.3 is 0 Å². The summed E-state index contributed by atoms with van der Waals surface area (Å²) < 4.78 is 0. The number of nitrogens with zero attached hydrogens (tertiary/aromatic N) is 2. The lowest BCUT2D eigenvalue weighted by atomic mass is 10.0. The second-order valence-electron chi connectivity index (χ2n) is 12.9. The third kappa shape index (κ3) is 21.7. The monoisotopic (exact) mass is 547 g/mol. The molecule has 2 heteroatoms. The van der Waals surface area contributed by atoms with Crippen LogP contribution in [0.3, 0.4) is 0 Å². The van der Waals surface area contributed by atoms with Gasteiger partial charge in [0.05, 0.1) is 0 Å². The molecule has 0 aliphatic carbocycles. The van der Waals surface area contributed by atoms with Gasteiger partial charge in [-0.2, -0.15) is 0 Å². The van der Waals surface area contributed by atoms with Crippen LogP contribution >= 0.6 is 0 Å². The van der Waals surface area contributed by atoms with Gasteiger partial charge in [0.25, 0.3) is 0 Å². The number of hydrogen-bond acceptors (Lipinski definition) is 2. The molecular formula is C37H74N2. The van der Waals surface area contributed by atoms with Crippen molar-refractivity contribution in [3.63, 3.8) is 0 Å². The van der Waals surface area contributed by atoms with Crippen LogP contribution in [0.25, 0.3) is 0 Å². The third-order valence-corrected chi connectivity index (χ3v) is 9.07. The summed E-state index contributed by atoms with van der Waals surface area (Å²) in [5.74, 6) is 0. The van der Waals surface area contributed by atoms with Crippen molar-refractivity contribution in [3.8, 4) is 0 Å². The molecule has 0 amide bonds. The van der Waals surface area contributed by atoms with Crippen LogP contribution in [0.15, 0.2) is 12.4 Å². The van der Waals surface area contributed by atoms with Crippen LogP contribution in [0.5, 0.6) is 0 Å². The van der Waals surface area contributed by atoms with E-state index in [9.17, 15) is 0 Å². The first-order valence-electron chi connectivity index (χ1n) is 18.5. The van der Waals surface area contributed by atoms with Gasteiger partial charge in [0, 0.05) is 25.5 Å². The van der Waals surface area contributed by atoms with Crippen molar-refractivity contribution in [1.29, 1.82) is 0 Å². The Morgan fingerprint density at radius 1 is 0.333 bits per heavy atom. The minimum Gasteiger partial charge on any atom is -0.356 e. The Kier molecular flexibility index (Phi) is 26.9. The lowest BCUT2D eigenvalue weighted by molar-refractivity contribution is 0.136. The average molecular weight is 547 g/mol. The van der Waals surface area contributed by atoms with E-state index in [1.165, 1.54) is 199 Å². The van der Waals surface area contributed by atoms with Crippen molar-refractivity contribution in [2.45, 2.75) is 213 Å². The molecule has 0 N–H and O–H groups in total. The highest BCUT2D eigenvalue weighted by Crippen LogP contribution is 2.24. The van der Waals surface area contributed by atoms with E-state index in [4.69, 9.17) is 0 Å². The normalized spacial score (nSPS) is 15.2. The second kappa shape index (κ2) is 28.9. The highest BCUT2D eigenvalue weighted by atomic mass is 15.4. The number of unbranched alkanes of at least 4 members (excludes halogenated alkanes) is 25. The molecule has 1 aliphatic rings. The lowest BCUT2D eigenvalue weighted by Gasteiger charge is -2.33. The van der Waals surface area contributed by atoms with Gasteiger partial charge in [0.1, 0.15) is 6.17 Å². The van der Waals surface area contributed by atoms with Gasteiger partial charge in [-0.15, -0.1) is 0 Å². The first-order valence-corrected chi connectivity index (χ1v) is 18.5. The zero-order valence-electron chi connectivity index (χ0n) is 27.5. The molecule has 0 saturated carbocycles. The highest BCUT2D eigenvalue weighted by molar-refractivity contribution is 4.96. The van der Waals surface area contributed by atoms with E-state index in [2.05, 4.69) is 43.0 Å². The van der Waals surface area contributed by atoms with Crippen molar-refractivity contribution in [1.82, 2.24) is 9.80 Å². The van der Waals surface area contributed by atoms with E-state index in [-0.39, 0.29) is 0 Å². The summed E-state index contributed by atoms with van der Waals surface area (Å²) in [6, 6.07) is 0. The summed E-state index contributed by atoms with van der Waals surface area (Å²) in [7, 11) is 0. The molecule has 1 unspecified atom stereocenters. The molecule has 0 saturated heterocycles. The maximum atomic E-state index is 2.69. The Bertz CT molecular complexity index is 502. The molecule has 1 rings (SSSR count). The van der Waals surface area contributed by atoms with Crippen LogP contribution in [-0.4, -0.2) is 29.1 Å². The topological polar surface area (TPSA) is 6.48 Å². The Morgan fingerprint density at radius 3 is 0.974 bits per heavy atom. The minimum atomic E-state index is 0.640. The molecule has 0 spiro atoms. The van der Waals surface area contributed by atoms with Crippen molar-refractivity contribution in [2.24, 2.45) is 0 Å². The smallest absolute Gasteiger partial charge is 0.101 e.